The van der Waals surface area contributed by atoms with Crippen LogP contribution in [0.1, 0.15) is 12.5 Å². The molecule has 0 saturated carbocycles. The van der Waals surface area contributed by atoms with Gasteiger partial charge in [-0.15, -0.1) is 0 Å². The molecule has 0 unspecified atom stereocenters. The van der Waals surface area contributed by atoms with Crippen LogP contribution in [0.5, 0.6) is 0 Å². The Morgan fingerprint density at radius 3 is 2.52 bits per heavy atom. The number of nitrogens with zero attached hydrogens (tertiary/aromatic N) is 2. The fourth-order valence-electron chi connectivity index (χ4n) is 2.16. The van der Waals surface area contributed by atoms with Crippen LogP contribution in [0, 0.1) is 3.57 Å². The summed E-state index contributed by atoms with van der Waals surface area (Å²) in [6, 6.07) is 12.2. The van der Waals surface area contributed by atoms with Crippen molar-refractivity contribution in [2.45, 2.75) is 6.92 Å². The molecule has 0 heterocycles. The molecule has 0 fully saturated rings. The van der Waals surface area contributed by atoms with Gasteiger partial charge in [0.25, 0.3) is 5.91 Å². The Balaban J connectivity index is 2.20. The van der Waals surface area contributed by atoms with Gasteiger partial charge >= 0.3 is 0 Å². The lowest BCUT2D eigenvalue weighted by Gasteiger charge is -2.22. The highest BCUT2D eigenvalue weighted by molar-refractivity contribution is 14.1. The molecule has 0 bridgehead atoms. The molecule has 0 aliphatic rings. The quantitative estimate of drug-likeness (QED) is 0.343. The van der Waals surface area contributed by atoms with Gasteiger partial charge in [-0.2, -0.15) is 5.10 Å². The molecule has 27 heavy (non-hydrogen) atoms. The Bertz CT molecular complexity index is 997. The number of anilines is 1. The predicted molar refractivity (Wildman–Crippen MR) is 118 cm³/mol. The van der Waals surface area contributed by atoms with E-state index in [0.29, 0.717) is 5.71 Å². The van der Waals surface area contributed by atoms with Gasteiger partial charge in [0.1, 0.15) is 6.54 Å². The number of hydrogen-bond donors (Lipinski definition) is 1. The molecule has 0 radical (unpaired) electrons. The molecule has 144 valence electrons. The summed E-state index contributed by atoms with van der Waals surface area (Å²) < 4.78 is 26.2. The molecule has 0 saturated heterocycles. The highest BCUT2D eigenvalue weighted by atomic mass is 127. The maximum absolute atomic E-state index is 12.3. The third kappa shape index (κ3) is 6.06. The van der Waals surface area contributed by atoms with E-state index in [0.717, 1.165) is 19.7 Å². The molecule has 10 heteroatoms. The molecular weight excluding hydrogens is 524 g/mol. The van der Waals surface area contributed by atoms with Crippen molar-refractivity contribution in [2.75, 3.05) is 17.1 Å². The number of benzene rings is 2. The van der Waals surface area contributed by atoms with Crippen molar-refractivity contribution in [3.05, 3.63) is 61.6 Å². The molecule has 0 atom stereocenters. The normalized spacial score (nSPS) is 12.0. The zero-order valence-corrected chi connectivity index (χ0v) is 18.9. The van der Waals surface area contributed by atoms with Crippen LogP contribution >= 0.6 is 45.8 Å². The zero-order chi connectivity index (χ0) is 20.2. The van der Waals surface area contributed by atoms with Crippen molar-refractivity contribution in [1.82, 2.24) is 5.43 Å². The topological polar surface area (TPSA) is 78.8 Å². The summed E-state index contributed by atoms with van der Waals surface area (Å²) in [6.07, 6.45) is 0.984. The molecule has 6 nitrogen and oxygen atoms in total. The lowest BCUT2D eigenvalue weighted by atomic mass is 10.1. The lowest BCUT2D eigenvalue weighted by molar-refractivity contribution is -0.119. The monoisotopic (exact) mass is 539 g/mol. The second-order valence-electron chi connectivity index (χ2n) is 5.59. The fourth-order valence-corrected chi connectivity index (χ4v) is 4.01. The standard InChI is InChI=1S/C17H16Cl2IN3O3S/c1-11(12-5-3-6-13(20)9-12)21-22-16(24)10-23(27(2,25)26)15-8-4-7-14(18)17(15)19/h3-9H,10H2,1-2H3,(H,22,24)/b21-11-. The van der Waals surface area contributed by atoms with Gasteiger partial charge < -0.3 is 0 Å². The first kappa shape index (κ1) is 21.9. The number of nitrogens with one attached hydrogen (secondary N) is 1. The zero-order valence-electron chi connectivity index (χ0n) is 14.4. The average molecular weight is 540 g/mol. The summed E-state index contributed by atoms with van der Waals surface area (Å²) in [5, 5.41) is 4.28. The fraction of sp³-hybridized carbons (Fsp3) is 0.176. The van der Waals surface area contributed by atoms with E-state index in [2.05, 4.69) is 33.1 Å². The van der Waals surface area contributed by atoms with E-state index in [9.17, 15) is 13.2 Å². The van der Waals surface area contributed by atoms with Gasteiger partial charge in [-0.05, 0) is 59.3 Å². The van der Waals surface area contributed by atoms with E-state index in [4.69, 9.17) is 23.2 Å². The largest absolute Gasteiger partial charge is 0.271 e. The van der Waals surface area contributed by atoms with Crippen LogP contribution in [0.2, 0.25) is 10.0 Å². The summed E-state index contributed by atoms with van der Waals surface area (Å²) in [5.41, 5.74) is 3.93. The third-order valence-corrected chi connectivity index (χ3v) is 6.08. The van der Waals surface area contributed by atoms with Crippen molar-refractivity contribution in [2.24, 2.45) is 5.10 Å². The minimum absolute atomic E-state index is 0.0518. The third-order valence-electron chi connectivity index (χ3n) is 3.48. The van der Waals surface area contributed by atoms with Gasteiger partial charge in [-0.1, -0.05) is 41.4 Å². The van der Waals surface area contributed by atoms with Gasteiger partial charge in [-0.25, -0.2) is 13.8 Å². The summed E-state index contributed by atoms with van der Waals surface area (Å²) in [4.78, 5) is 12.3. The number of carbonyl (C=O) groups is 1. The van der Waals surface area contributed by atoms with E-state index in [1.165, 1.54) is 12.1 Å². The summed E-state index contributed by atoms with van der Waals surface area (Å²) in [7, 11) is -3.77. The maximum Gasteiger partial charge on any atom is 0.260 e. The van der Waals surface area contributed by atoms with Gasteiger partial charge in [0.15, 0.2) is 0 Å². The summed E-state index contributed by atoms with van der Waals surface area (Å²) in [6.45, 7) is 1.26. The molecule has 0 aromatic heterocycles. The predicted octanol–water partition coefficient (Wildman–Crippen LogP) is 3.90. The van der Waals surface area contributed by atoms with E-state index < -0.39 is 22.5 Å². The van der Waals surface area contributed by atoms with Crippen LogP contribution in [-0.4, -0.2) is 32.8 Å². The summed E-state index contributed by atoms with van der Waals surface area (Å²) in [5.74, 6) is -0.610. The molecule has 2 aromatic rings. The van der Waals surface area contributed by atoms with Crippen molar-refractivity contribution in [1.29, 1.82) is 0 Å². The number of rotatable bonds is 6. The van der Waals surface area contributed by atoms with E-state index in [-0.39, 0.29) is 15.7 Å². The minimum Gasteiger partial charge on any atom is -0.271 e. The Labute approximate surface area is 181 Å². The molecule has 2 aromatic carbocycles. The van der Waals surface area contributed by atoms with Gasteiger partial charge in [0.05, 0.1) is 27.7 Å². The number of halogens is 3. The van der Waals surface area contributed by atoms with E-state index in [1.807, 2.05) is 24.3 Å². The number of amides is 1. The number of hydrazone groups is 1. The Morgan fingerprint density at radius 1 is 1.22 bits per heavy atom. The first-order valence-electron chi connectivity index (χ1n) is 7.60. The van der Waals surface area contributed by atoms with E-state index in [1.54, 1.807) is 13.0 Å². The maximum atomic E-state index is 12.3. The van der Waals surface area contributed by atoms with Crippen LogP contribution < -0.4 is 9.73 Å². The first-order chi connectivity index (χ1) is 12.6. The van der Waals surface area contributed by atoms with Gasteiger partial charge in [-0.3, -0.25) is 9.10 Å². The molecule has 0 aliphatic heterocycles. The Morgan fingerprint density at radius 2 is 1.89 bits per heavy atom. The lowest BCUT2D eigenvalue weighted by Crippen LogP contribution is -2.39. The van der Waals surface area contributed by atoms with Gasteiger partial charge in [0.2, 0.25) is 10.0 Å². The van der Waals surface area contributed by atoms with Crippen LogP contribution in [0.3, 0.4) is 0 Å². The van der Waals surface area contributed by atoms with Crippen LogP contribution in [0.4, 0.5) is 5.69 Å². The van der Waals surface area contributed by atoms with Crippen LogP contribution in [0.15, 0.2) is 47.6 Å². The second-order valence-corrected chi connectivity index (χ2v) is 9.52. The highest BCUT2D eigenvalue weighted by Gasteiger charge is 2.23. The Hall–Kier alpha value is -1.36. The number of sulfonamides is 1. The highest BCUT2D eigenvalue weighted by Crippen LogP contribution is 2.33. The van der Waals surface area contributed by atoms with Crippen LogP contribution in [0.25, 0.3) is 0 Å². The van der Waals surface area contributed by atoms with Crippen molar-refractivity contribution in [3.63, 3.8) is 0 Å². The van der Waals surface area contributed by atoms with Crippen molar-refractivity contribution in [3.8, 4) is 0 Å². The molecule has 1 N–H and O–H groups in total. The average Bonchev–Trinajstić information content (AvgIpc) is 2.59. The summed E-state index contributed by atoms with van der Waals surface area (Å²) >= 11 is 14.2. The second kappa shape index (κ2) is 9.22. The van der Waals surface area contributed by atoms with Gasteiger partial charge in [0, 0.05) is 3.57 Å². The molecular formula is C17H16Cl2IN3O3S. The van der Waals surface area contributed by atoms with Crippen molar-refractivity contribution >= 4 is 73.1 Å². The smallest absolute Gasteiger partial charge is 0.260 e. The molecule has 2 rings (SSSR count). The number of hydrogen-bond acceptors (Lipinski definition) is 4. The number of carbonyl (C=O) groups excluding carboxylic acids is 1. The molecule has 1 amide bonds. The molecule has 0 spiro atoms. The van der Waals surface area contributed by atoms with E-state index >= 15 is 0 Å². The molecule has 0 aliphatic carbocycles. The first-order valence-corrected chi connectivity index (χ1v) is 11.3. The Kier molecular flexibility index (Phi) is 7.49. The van der Waals surface area contributed by atoms with Crippen molar-refractivity contribution < 1.29 is 13.2 Å². The SMILES string of the molecule is C/C(=N/NC(=O)CN(c1cccc(Cl)c1Cl)S(C)(=O)=O)c1cccc(I)c1. The minimum atomic E-state index is -3.77. The van der Waals surface area contributed by atoms with Crippen LogP contribution in [-0.2, 0) is 14.8 Å².